The average Bonchev–Trinajstić information content (AvgIpc) is 3.25. The monoisotopic (exact) mass is 374 g/mol. The molecule has 4 heterocycles. The number of aryl methyl sites for hydroxylation is 1. The maximum atomic E-state index is 12.6. The summed E-state index contributed by atoms with van der Waals surface area (Å²) in [5, 5.41) is 0. The van der Waals surface area contributed by atoms with Crippen LogP contribution in [0.25, 0.3) is 0 Å². The van der Waals surface area contributed by atoms with Crippen LogP contribution in [0.4, 0.5) is 5.82 Å². The third-order valence-electron chi connectivity index (χ3n) is 6.07. The van der Waals surface area contributed by atoms with Crippen LogP contribution in [0.1, 0.15) is 48.7 Å². The molecule has 1 aromatic rings. The third kappa shape index (κ3) is 3.94. The molecule has 0 bridgehead atoms. The van der Waals surface area contributed by atoms with E-state index < -0.39 is 0 Å². The Labute approximate surface area is 161 Å². The zero-order valence-corrected chi connectivity index (χ0v) is 16.4. The highest BCUT2D eigenvalue weighted by atomic mass is 16.5. The minimum Gasteiger partial charge on any atom is -0.378 e. The van der Waals surface area contributed by atoms with E-state index in [4.69, 9.17) is 19.4 Å². The molecule has 0 spiro atoms. The summed E-state index contributed by atoms with van der Waals surface area (Å²) in [4.78, 5) is 26.6. The van der Waals surface area contributed by atoms with E-state index in [1.54, 1.807) is 0 Å². The van der Waals surface area contributed by atoms with Crippen molar-refractivity contribution in [1.82, 2.24) is 14.9 Å². The van der Waals surface area contributed by atoms with Crippen molar-refractivity contribution in [3.8, 4) is 0 Å². The van der Waals surface area contributed by atoms with Gasteiger partial charge in [-0.15, -0.1) is 0 Å². The number of aromatic nitrogens is 2. The summed E-state index contributed by atoms with van der Waals surface area (Å²) in [5.74, 6) is 2.47. The largest absolute Gasteiger partial charge is 0.378 e. The minimum atomic E-state index is -0.215. The number of piperidine rings is 1. The molecule has 1 atom stereocenters. The molecule has 3 aliphatic rings. The van der Waals surface area contributed by atoms with E-state index in [-0.39, 0.29) is 12.0 Å². The van der Waals surface area contributed by atoms with E-state index in [1.165, 1.54) is 0 Å². The highest BCUT2D eigenvalue weighted by Gasteiger charge is 2.32. The number of likely N-dealkylation sites (tertiary alicyclic amines) is 1. The number of carbonyl (C=O) groups excluding carboxylic acids is 1. The van der Waals surface area contributed by atoms with E-state index in [0.717, 1.165) is 88.0 Å². The standard InChI is InChI=1S/C20H30N4O3/c1-14-15(2)21-18(22-19(14)23-9-12-26-13-10-23)16-5-7-24(8-6-16)20(25)17-4-3-11-27-17/h16-17H,3-13H2,1-2H3. The zero-order valence-electron chi connectivity index (χ0n) is 16.4. The number of morpholine rings is 1. The summed E-state index contributed by atoms with van der Waals surface area (Å²) in [6, 6.07) is 0. The molecule has 1 amide bonds. The molecule has 3 fully saturated rings. The van der Waals surface area contributed by atoms with Gasteiger partial charge in [0.25, 0.3) is 5.91 Å². The van der Waals surface area contributed by atoms with Gasteiger partial charge in [0.1, 0.15) is 17.7 Å². The highest BCUT2D eigenvalue weighted by molar-refractivity contribution is 5.81. The smallest absolute Gasteiger partial charge is 0.251 e. The molecule has 0 saturated carbocycles. The van der Waals surface area contributed by atoms with Crippen LogP contribution in [-0.2, 0) is 14.3 Å². The maximum absolute atomic E-state index is 12.6. The summed E-state index contributed by atoms with van der Waals surface area (Å²) in [7, 11) is 0. The first kappa shape index (κ1) is 18.6. The molecule has 4 rings (SSSR count). The molecule has 0 aromatic carbocycles. The van der Waals surface area contributed by atoms with E-state index in [2.05, 4.69) is 18.7 Å². The zero-order chi connectivity index (χ0) is 18.8. The Kier molecular flexibility index (Phi) is 5.59. The molecule has 7 heteroatoms. The first-order valence-corrected chi connectivity index (χ1v) is 10.2. The lowest BCUT2D eigenvalue weighted by Crippen LogP contribution is -2.43. The predicted molar refractivity (Wildman–Crippen MR) is 102 cm³/mol. The van der Waals surface area contributed by atoms with Gasteiger partial charge in [-0.3, -0.25) is 4.79 Å². The SMILES string of the molecule is Cc1nc(C2CCN(C(=O)C3CCCO3)CC2)nc(N2CCOCC2)c1C. The highest BCUT2D eigenvalue weighted by Crippen LogP contribution is 2.30. The van der Waals surface area contributed by atoms with Gasteiger partial charge in [-0.2, -0.15) is 0 Å². The average molecular weight is 374 g/mol. The number of nitrogens with zero attached hydrogens (tertiary/aromatic N) is 4. The lowest BCUT2D eigenvalue weighted by molar-refractivity contribution is -0.142. The first-order valence-electron chi connectivity index (χ1n) is 10.2. The van der Waals surface area contributed by atoms with E-state index in [9.17, 15) is 4.79 Å². The number of ether oxygens (including phenoxy) is 2. The number of carbonyl (C=O) groups is 1. The molecule has 0 aliphatic carbocycles. The molecule has 7 nitrogen and oxygen atoms in total. The van der Waals surface area contributed by atoms with Crippen molar-refractivity contribution in [2.24, 2.45) is 0 Å². The molecule has 0 N–H and O–H groups in total. The summed E-state index contributed by atoms with van der Waals surface area (Å²) in [6.45, 7) is 9.69. The molecule has 0 radical (unpaired) electrons. The van der Waals surface area contributed by atoms with Gasteiger partial charge in [0.15, 0.2) is 0 Å². The van der Waals surface area contributed by atoms with Crippen LogP contribution < -0.4 is 4.90 Å². The molecular formula is C20H30N4O3. The number of hydrogen-bond donors (Lipinski definition) is 0. The topological polar surface area (TPSA) is 67.8 Å². The molecule has 1 aromatic heterocycles. The third-order valence-corrected chi connectivity index (χ3v) is 6.07. The van der Waals surface area contributed by atoms with E-state index in [0.29, 0.717) is 12.5 Å². The van der Waals surface area contributed by atoms with Crippen LogP contribution >= 0.6 is 0 Å². The normalized spacial score (nSPS) is 24.4. The van der Waals surface area contributed by atoms with Crippen LogP contribution in [0.2, 0.25) is 0 Å². The molecule has 3 aliphatic heterocycles. The van der Waals surface area contributed by atoms with Crippen molar-refractivity contribution in [3.05, 3.63) is 17.1 Å². The fraction of sp³-hybridized carbons (Fsp3) is 0.750. The predicted octanol–water partition coefficient (Wildman–Crippen LogP) is 1.82. The Hall–Kier alpha value is -1.73. The lowest BCUT2D eigenvalue weighted by atomic mass is 9.95. The summed E-state index contributed by atoms with van der Waals surface area (Å²) < 4.78 is 11.0. The van der Waals surface area contributed by atoms with Gasteiger partial charge < -0.3 is 19.3 Å². The minimum absolute atomic E-state index is 0.168. The lowest BCUT2D eigenvalue weighted by Gasteiger charge is -2.34. The van der Waals surface area contributed by atoms with Gasteiger partial charge in [0.2, 0.25) is 0 Å². The number of rotatable bonds is 3. The second kappa shape index (κ2) is 8.10. The molecular weight excluding hydrogens is 344 g/mol. The maximum Gasteiger partial charge on any atom is 0.251 e. The Bertz CT molecular complexity index is 676. The number of amides is 1. The van der Waals surface area contributed by atoms with E-state index in [1.807, 2.05) is 4.90 Å². The van der Waals surface area contributed by atoms with Crippen molar-refractivity contribution in [2.75, 3.05) is 50.9 Å². The van der Waals surface area contributed by atoms with Gasteiger partial charge in [-0.05, 0) is 39.5 Å². The Morgan fingerprint density at radius 1 is 1.00 bits per heavy atom. The Morgan fingerprint density at radius 3 is 2.41 bits per heavy atom. The fourth-order valence-electron chi connectivity index (χ4n) is 4.23. The van der Waals surface area contributed by atoms with Crippen molar-refractivity contribution >= 4 is 11.7 Å². The van der Waals surface area contributed by atoms with Crippen molar-refractivity contribution in [3.63, 3.8) is 0 Å². The van der Waals surface area contributed by atoms with Gasteiger partial charge in [0.05, 0.1) is 13.2 Å². The molecule has 1 unspecified atom stereocenters. The number of anilines is 1. The van der Waals surface area contributed by atoms with Gasteiger partial charge >= 0.3 is 0 Å². The summed E-state index contributed by atoms with van der Waals surface area (Å²) in [6.07, 6.45) is 3.48. The Balaban J connectivity index is 1.44. The fourth-order valence-corrected chi connectivity index (χ4v) is 4.23. The van der Waals surface area contributed by atoms with Crippen LogP contribution in [0.3, 0.4) is 0 Å². The van der Waals surface area contributed by atoms with Gasteiger partial charge in [-0.1, -0.05) is 0 Å². The molecule has 27 heavy (non-hydrogen) atoms. The molecule has 148 valence electrons. The Morgan fingerprint density at radius 2 is 1.74 bits per heavy atom. The van der Waals surface area contributed by atoms with Crippen LogP contribution in [0.15, 0.2) is 0 Å². The number of hydrogen-bond acceptors (Lipinski definition) is 6. The first-order chi connectivity index (χ1) is 13.1. The second-order valence-electron chi connectivity index (χ2n) is 7.82. The van der Waals surface area contributed by atoms with Crippen LogP contribution in [-0.4, -0.2) is 72.9 Å². The quantitative estimate of drug-likeness (QED) is 0.804. The van der Waals surface area contributed by atoms with Crippen molar-refractivity contribution < 1.29 is 14.3 Å². The van der Waals surface area contributed by atoms with Gasteiger partial charge in [-0.25, -0.2) is 9.97 Å². The van der Waals surface area contributed by atoms with Crippen LogP contribution in [0.5, 0.6) is 0 Å². The second-order valence-corrected chi connectivity index (χ2v) is 7.82. The van der Waals surface area contributed by atoms with Crippen molar-refractivity contribution in [2.45, 2.75) is 51.6 Å². The van der Waals surface area contributed by atoms with Crippen LogP contribution in [0, 0.1) is 13.8 Å². The van der Waals surface area contributed by atoms with Gasteiger partial charge in [0, 0.05) is 50.0 Å². The van der Waals surface area contributed by atoms with Crippen molar-refractivity contribution in [1.29, 1.82) is 0 Å². The molecule has 3 saturated heterocycles. The van der Waals surface area contributed by atoms with E-state index >= 15 is 0 Å². The summed E-state index contributed by atoms with van der Waals surface area (Å²) in [5.41, 5.74) is 2.21. The summed E-state index contributed by atoms with van der Waals surface area (Å²) >= 11 is 0.